The summed E-state index contributed by atoms with van der Waals surface area (Å²) in [6, 6.07) is 9.24. The van der Waals surface area contributed by atoms with Gasteiger partial charge in [0.25, 0.3) is 11.8 Å². The molecule has 5 heteroatoms. The van der Waals surface area contributed by atoms with Crippen LogP contribution in [0.15, 0.2) is 51.7 Å². The number of benzene rings is 2. The molecule has 3 aromatic rings. The number of amides is 2. The topological polar surface area (TPSA) is 67.6 Å². The highest BCUT2D eigenvalue weighted by Crippen LogP contribution is 2.40. The minimum Gasteiger partial charge on any atom is -0.423 e. The average molecular weight is 347 g/mol. The predicted molar refractivity (Wildman–Crippen MR) is 100 cm³/mol. The first-order valence-electron chi connectivity index (χ1n) is 8.44. The molecule has 0 N–H and O–H groups in total. The van der Waals surface area contributed by atoms with Gasteiger partial charge in [0.1, 0.15) is 5.58 Å². The Labute approximate surface area is 149 Å². The fraction of sp³-hybridized carbons (Fsp3) is 0.190. The third-order valence-corrected chi connectivity index (χ3v) is 4.73. The Morgan fingerprint density at radius 1 is 0.962 bits per heavy atom. The second kappa shape index (κ2) is 5.66. The Morgan fingerprint density at radius 2 is 1.62 bits per heavy atom. The van der Waals surface area contributed by atoms with Crippen molar-refractivity contribution < 1.29 is 14.0 Å². The van der Waals surface area contributed by atoms with E-state index in [2.05, 4.69) is 0 Å². The van der Waals surface area contributed by atoms with E-state index in [-0.39, 0.29) is 17.7 Å². The fourth-order valence-electron chi connectivity index (χ4n) is 3.44. The maximum Gasteiger partial charge on any atom is 0.339 e. The first-order valence-corrected chi connectivity index (χ1v) is 8.44. The van der Waals surface area contributed by atoms with Crippen LogP contribution in [0.1, 0.15) is 30.9 Å². The van der Waals surface area contributed by atoms with Crippen molar-refractivity contribution in [3.05, 3.63) is 64.0 Å². The third-order valence-electron chi connectivity index (χ3n) is 4.73. The highest BCUT2D eigenvalue weighted by atomic mass is 16.4. The number of hydrogen-bond acceptors (Lipinski definition) is 4. The summed E-state index contributed by atoms with van der Waals surface area (Å²) in [5.41, 5.74) is 1.97. The molecule has 0 spiro atoms. The number of nitrogens with zero attached hydrogens (tertiary/aromatic N) is 1. The smallest absolute Gasteiger partial charge is 0.339 e. The lowest BCUT2D eigenvalue weighted by molar-refractivity contribution is -0.119. The van der Waals surface area contributed by atoms with Gasteiger partial charge in [-0.1, -0.05) is 32.0 Å². The van der Waals surface area contributed by atoms with E-state index in [4.69, 9.17) is 4.42 Å². The fourth-order valence-corrected chi connectivity index (χ4v) is 3.44. The van der Waals surface area contributed by atoms with Gasteiger partial charge in [-0.25, -0.2) is 9.69 Å². The van der Waals surface area contributed by atoms with Crippen molar-refractivity contribution in [3.63, 3.8) is 0 Å². The quantitative estimate of drug-likeness (QED) is 0.402. The lowest BCUT2D eigenvalue weighted by atomic mass is 9.93. The second-order valence-corrected chi connectivity index (χ2v) is 6.80. The van der Waals surface area contributed by atoms with Crippen molar-refractivity contribution in [2.45, 2.75) is 26.7 Å². The molecule has 0 aliphatic carbocycles. The lowest BCUT2D eigenvalue weighted by Crippen LogP contribution is -2.31. The number of carbonyl (C=O) groups excluding carboxylic acids is 2. The molecule has 130 valence electrons. The van der Waals surface area contributed by atoms with Gasteiger partial charge in [-0.2, -0.15) is 0 Å². The van der Waals surface area contributed by atoms with Gasteiger partial charge in [0, 0.05) is 28.5 Å². The molecule has 0 saturated heterocycles. The van der Waals surface area contributed by atoms with Crippen molar-refractivity contribution in [2.24, 2.45) is 0 Å². The third kappa shape index (κ3) is 2.28. The first kappa shape index (κ1) is 16.3. The molecule has 2 heterocycles. The van der Waals surface area contributed by atoms with Crippen LogP contribution in [-0.4, -0.2) is 11.8 Å². The van der Waals surface area contributed by atoms with Crippen LogP contribution < -0.4 is 10.5 Å². The molecule has 1 aliphatic rings. The van der Waals surface area contributed by atoms with E-state index in [1.165, 1.54) is 17.1 Å². The summed E-state index contributed by atoms with van der Waals surface area (Å²) in [4.78, 5) is 37.9. The number of hydrogen-bond donors (Lipinski definition) is 0. The summed E-state index contributed by atoms with van der Waals surface area (Å²) >= 11 is 0. The van der Waals surface area contributed by atoms with E-state index in [0.29, 0.717) is 22.2 Å². The van der Waals surface area contributed by atoms with E-state index >= 15 is 0 Å². The van der Waals surface area contributed by atoms with E-state index in [0.717, 1.165) is 16.3 Å². The number of fused-ring (bicyclic) bond motifs is 3. The van der Waals surface area contributed by atoms with Gasteiger partial charge < -0.3 is 4.42 Å². The minimum absolute atomic E-state index is 0.0997. The Hall–Kier alpha value is -3.21. The van der Waals surface area contributed by atoms with E-state index in [9.17, 15) is 14.4 Å². The summed E-state index contributed by atoms with van der Waals surface area (Å²) in [6.07, 6.45) is 2.56. The number of rotatable bonds is 2. The summed E-state index contributed by atoms with van der Waals surface area (Å²) in [7, 11) is 0. The number of carbonyl (C=O) groups is 2. The van der Waals surface area contributed by atoms with Crippen molar-refractivity contribution in [3.8, 4) is 0 Å². The molecule has 2 amide bonds. The largest absolute Gasteiger partial charge is 0.423 e. The molecule has 0 unspecified atom stereocenters. The van der Waals surface area contributed by atoms with Crippen LogP contribution in [-0.2, 0) is 9.59 Å². The maximum absolute atomic E-state index is 12.4. The summed E-state index contributed by atoms with van der Waals surface area (Å²) < 4.78 is 5.41. The van der Waals surface area contributed by atoms with Gasteiger partial charge in [-0.05, 0) is 35.9 Å². The summed E-state index contributed by atoms with van der Waals surface area (Å²) in [6.45, 7) is 5.71. The summed E-state index contributed by atoms with van der Waals surface area (Å²) in [5.74, 6) is -0.631. The molecule has 0 radical (unpaired) electrons. The van der Waals surface area contributed by atoms with Gasteiger partial charge in [0.15, 0.2) is 0 Å². The van der Waals surface area contributed by atoms with Crippen LogP contribution in [0.3, 0.4) is 0 Å². The van der Waals surface area contributed by atoms with Crippen LogP contribution in [0, 0.1) is 6.92 Å². The molecule has 4 rings (SSSR count). The van der Waals surface area contributed by atoms with Crippen molar-refractivity contribution in [1.29, 1.82) is 0 Å². The number of imide groups is 1. The van der Waals surface area contributed by atoms with Gasteiger partial charge in [0.2, 0.25) is 0 Å². The highest BCUT2D eigenvalue weighted by Gasteiger charge is 2.30. The molecule has 0 bridgehead atoms. The minimum atomic E-state index is -0.395. The lowest BCUT2D eigenvalue weighted by Gasteiger charge is -2.23. The number of anilines is 1. The van der Waals surface area contributed by atoms with Gasteiger partial charge in [-0.3, -0.25) is 9.59 Å². The molecule has 0 saturated carbocycles. The number of aryl methyl sites for hydroxylation is 1. The Bertz CT molecular complexity index is 1170. The molecule has 0 atom stereocenters. The SMILES string of the molecule is Cc1cc2c(ccc3ccc(C(C)C)c(N4C(=O)C=CC4=O)c32)oc1=O. The summed E-state index contributed by atoms with van der Waals surface area (Å²) in [5, 5.41) is 2.33. The zero-order chi connectivity index (χ0) is 18.6. The molecule has 2 aromatic carbocycles. The molecule has 26 heavy (non-hydrogen) atoms. The normalized spacial score (nSPS) is 14.4. The monoisotopic (exact) mass is 347 g/mol. The molecule has 5 nitrogen and oxygen atoms in total. The van der Waals surface area contributed by atoms with Crippen LogP contribution in [0.25, 0.3) is 21.7 Å². The first-order chi connectivity index (χ1) is 12.4. The molecular formula is C21H17NO4. The molecule has 1 aliphatic heterocycles. The second-order valence-electron chi connectivity index (χ2n) is 6.80. The Balaban J connectivity index is 2.22. The zero-order valence-corrected chi connectivity index (χ0v) is 14.7. The van der Waals surface area contributed by atoms with E-state index in [1.54, 1.807) is 19.1 Å². The standard InChI is InChI=1S/C21H17NO4/c1-11(2)14-6-4-13-5-7-16-15(10-12(3)21(25)26-16)19(13)20(14)22-17(23)8-9-18(22)24/h4-11H,1-3H3. The van der Waals surface area contributed by atoms with Crippen LogP contribution in [0.4, 0.5) is 5.69 Å². The predicted octanol–water partition coefficient (Wildman–Crippen LogP) is 3.81. The Kier molecular flexibility index (Phi) is 3.54. The van der Waals surface area contributed by atoms with Crippen LogP contribution >= 0.6 is 0 Å². The van der Waals surface area contributed by atoms with Crippen molar-refractivity contribution in [1.82, 2.24) is 0 Å². The molecule has 1 aromatic heterocycles. The van der Waals surface area contributed by atoms with Crippen molar-refractivity contribution in [2.75, 3.05) is 4.90 Å². The van der Waals surface area contributed by atoms with Gasteiger partial charge >= 0.3 is 5.63 Å². The van der Waals surface area contributed by atoms with Crippen LogP contribution in [0.5, 0.6) is 0 Å². The highest BCUT2D eigenvalue weighted by molar-refractivity contribution is 6.32. The maximum atomic E-state index is 12.4. The van der Waals surface area contributed by atoms with Crippen molar-refractivity contribution >= 4 is 39.2 Å². The van der Waals surface area contributed by atoms with Gasteiger partial charge in [-0.15, -0.1) is 0 Å². The Morgan fingerprint density at radius 3 is 2.27 bits per heavy atom. The van der Waals surface area contributed by atoms with Gasteiger partial charge in [0.05, 0.1) is 5.69 Å². The molecule has 0 fully saturated rings. The van der Waals surface area contributed by atoms with E-state index in [1.807, 2.05) is 32.0 Å². The van der Waals surface area contributed by atoms with Crippen LogP contribution in [0.2, 0.25) is 0 Å². The van der Waals surface area contributed by atoms with E-state index < -0.39 is 5.63 Å². The molecular weight excluding hydrogens is 330 g/mol. The average Bonchev–Trinajstić information content (AvgIpc) is 2.93. The zero-order valence-electron chi connectivity index (χ0n) is 14.7.